The quantitative estimate of drug-likeness (QED) is 0.837. The Hall–Kier alpha value is -1.52. The van der Waals surface area contributed by atoms with E-state index in [-0.39, 0.29) is 5.91 Å². The van der Waals surface area contributed by atoms with Crippen molar-refractivity contribution in [1.29, 1.82) is 0 Å². The fourth-order valence-electron chi connectivity index (χ4n) is 1.77. The zero-order valence-corrected chi connectivity index (χ0v) is 12.4. The van der Waals surface area contributed by atoms with Crippen molar-refractivity contribution in [2.75, 3.05) is 11.1 Å². The molecule has 2 aromatic rings. The molecule has 5 heteroatoms. The van der Waals surface area contributed by atoms with E-state index in [0.717, 1.165) is 17.5 Å². The van der Waals surface area contributed by atoms with Gasteiger partial charge >= 0.3 is 0 Å². The molecule has 1 heterocycles. The van der Waals surface area contributed by atoms with Crippen LogP contribution >= 0.6 is 22.9 Å². The molecule has 2 rings (SSSR count). The van der Waals surface area contributed by atoms with Crippen molar-refractivity contribution in [2.24, 2.45) is 0 Å². The molecule has 0 bridgehead atoms. The molecule has 0 aliphatic rings. The minimum absolute atomic E-state index is 0.202. The lowest BCUT2D eigenvalue weighted by molar-refractivity contribution is 0.103. The van der Waals surface area contributed by atoms with Crippen LogP contribution in [0.2, 0.25) is 5.02 Å². The molecule has 19 heavy (non-hydrogen) atoms. The van der Waals surface area contributed by atoms with E-state index in [4.69, 9.17) is 17.3 Å². The predicted octanol–water partition coefficient (Wildman–Crippen LogP) is 4.11. The standard InChI is InChI=1S/C14H15ClN2OS/c1-3-9-4-5-10(6-11(9)16)17-14(18)13-12(15)8(2)7-19-13/h4-7H,3,16H2,1-2H3,(H,17,18). The Balaban J connectivity index is 2.19. The molecule has 0 radical (unpaired) electrons. The van der Waals surface area contributed by atoms with Crippen LogP contribution in [0.1, 0.15) is 27.7 Å². The predicted molar refractivity (Wildman–Crippen MR) is 82.3 cm³/mol. The number of thiophene rings is 1. The first-order chi connectivity index (χ1) is 9.02. The summed E-state index contributed by atoms with van der Waals surface area (Å²) in [6.07, 6.45) is 0.871. The summed E-state index contributed by atoms with van der Waals surface area (Å²) >= 11 is 7.41. The van der Waals surface area contributed by atoms with Crippen LogP contribution in [0.5, 0.6) is 0 Å². The highest BCUT2D eigenvalue weighted by Gasteiger charge is 2.14. The van der Waals surface area contributed by atoms with Crippen LogP contribution in [0.3, 0.4) is 0 Å². The monoisotopic (exact) mass is 294 g/mol. The molecule has 3 nitrogen and oxygen atoms in total. The third-order valence-corrected chi connectivity index (χ3v) is 4.59. The highest BCUT2D eigenvalue weighted by Crippen LogP contribution is 2.28. The number of hydrogen-bond donors (Lipinski definition) is 2. The van der Waals surface area contributed by atoms with Gasteiger partial charge in [-0.3, -0.25) is 4.79 Å². The van der Waals surface area contributed by atoms with Crippen molar-refractivity contribution in [3.63, 3.8) is 0 Å². The van der Waals surface area contributed by atoms with Crippen molar-refractivity contribution in [3.05, 3.63) is 44.6 Å². The van der Waals surface area contributed by atoms with Gasteiger partial charge in [0.25, 0.3) is 5.91 Å². The average Bonchev–Trinajstić information content (AvgIpc) is 2.70. The van der Waals surface area contributed by atoms with E-state index < -0.39 is 0 Å². The number of carbonyl (C=O) groups is 1. The van der Waals surface area contributed by atoms with E-state index in [1.54, 1.807) is 6.07 Å². The Morgan fingerprint density at radius 2 is 2.21 bits per heavy atom. The van der Waals surface area contributed by atoms with Crippen LogP contribution in [0.25, 0.3) is 0 Å². The molecule has 0 atom stereocenters. The Kier molecular flexibility index (Phi) is 4.12. The molecule has 0 saturated heterocycles. The van der Waals surface area contributed by atoms with Gasteiger partial charge in [-0.05, 0) is 42.0 Å². The first-order valence-corrected chi connectivity index (χ1v) is 7.22. The normalized spacial score (nSPS) is 10.5. The van der Waals surface area contributed by atoms with Crippen molar-refractivity contribution in [1.82, 2.24) is 0 Å². The summed E-state index contributed by atoms with van der Waals surface area (Å²) in [5.41, 5.74) is 9.26. The number of rotatable bonds is 3. The third kappa shape index (κ3) is 2.91. The summed E-state index contributed by atoms with van der Waals surface area (Å²) in [6.45, 7) is 3.92. The lowest BCUT2D eigenvalue weighted by Gasteiger charge is -2.08. The van der Waals surface area contributed by atoms with Crippen molar-refractivity contribution in [2.45, 2.75) is 20.3 Å². The zero-order chi connectivity index (χ0) is 14.0. The van der Waals surface area contributed by atoms with Gasteiger partial charge in [0.1, 0.15) is 4.88 Å². The van der Waals surface area contributed by atoms with Crippen LogP contribution in [0, 0.1) is 6.92 Å². The van der Waals surface area contributed by atoms with Crippen molar-refractivity contribution >= 4 is 40.2 Å². The van der Waals surface area contributed by atoms with Crippen molar-refractivity contribution in [3.8, 4) is 0 Å². The van der Waals surface area contributed by atoms with Crippen LogP contribution in [0.15, 0.2) is 23.6 Å². The van der Waals surface area contributed by atoms with Crippen LogP contribution in [0.4, 0.5) is 11.4 Å². The lowest BCUT2D eigenvalue weighted by atomic mass is 10.1. The number of nitrogens with one attached hydrogen (secondary N) is 1. The van der Waals surface area contributed by atoms with Gasteiger partial charge in [0, 0.05) is 11.4 Å². The van der Waals surface area contributed by atoms with Gasteiger partial charge < -0.3 is 11.1 Å². The number of hydrogen-bond acceptors (Lipinski definition) is 3. The number of anilines is 2. The summed E-state index contributed by atoms with van der Waals surface area (Å²) in [5.74, 6) is -0.202. The summed E-state index contributed by atoms with van der Waals surface area (Å²) in [6, 6.07) is 5.54. The fraction of sp³-hybridized carbons (Fsp3) is 0.214. The molecule has 0 saturated carbocycles. The van der Waals surface area contributed by atoms with Crippen LogP contribution in [-0.4, -0.2) is 5.91 Å². The molecule has 1 aromatic heterocycles. The largest absolute Gasteiger partial charge is 0.398 e. The lowest BCUT2D eigenvalue weighted by Crippen LogP contribution is -2.11. The number of aryl methyl sites for hydroxylation is 2. The Morgan fingerprint density at radius 1 is 1.47 bits per heavy atom. The van der Waals surface area contributed by atoms with E-state index in [0.29, 0.717) is 21.3 Å². The van der Waals surface area contributed by atoms with E-state index >= 15 is 0 Å². The Bertz CT molecular complexity index is 622. The summed E-state index contributed by atoms with van der Waals surface area (Å²) in [7, 11) is 0. The average molecular weight is 295 g/mol. The second-order valence-electron chi connectivity index (χ2n) is 4.28. The van der Waals surface area contributed by atoms with Crippen LogP contribution in [-0.2, 0) is 6.42 Å². The zero-order valence-electron chi connectivity index (χ0n) is 10.8. The first-order valence-electron chi connectivity index (χ1n) is 5.96. The van der Waals surface area contributed by atoms with E-state index in [9.17, 15) is 4.79 Å². The number of nitrogens with two attached hydrogens (primary N) is 1. The topological polar surface area (TPSA) is 55.1 Å². The van der Waals surface area contributed by atoms with Gasteiger partial charge in [-0.25, -0.2) is 0 Å². The third-order valence-electron chi connectivity index (χ3n) is 2.89. The molecule has 0 fully saturated rings. The number of amides is 1. The van der Waals surface area contributed by atoms with E-state index in [1.807, 2.05) is 31.4 Å². The second kappa shape index (κ2) is 5.63. The second-order valence-corrected chi connectivity index (χ2v) is 5.54. The number of benzene rings is 1. The van der Waals surface area contributed by atoms with E-state index in [1.165, 1.54) is 11.3 Å². The van der Waals surface area contributed by atoms with Gasteiger partial charge in [-0.15, -0.1) is 11.3 Å². The minimum Gasteiger partial charge on any atom is -0.398 e. The summed E-state index contributed by atoms with van der Waals surface area (Å²) < 4.78 is 0. The molecule has 3 N–H and O–H groups in total. The van der Waals surface area contributed by atoms with Gasteiger partial charge in [0.15, 0.2) is 0 Å². The number of nitrogen functional groups attached to an aromatic ring is 1. The summed E-state index contributed by atoms with van der Waals surface area (Å²) in [4.78, 5) is 12.6. The molecular formula is C14H15ClN2OS. The highest BCUT2D eigenvalue weighted by molar-refractivity contribution is 7.13. The molecule has 0 spiro atoms. The van der Waals surface area contributed by atoms with Gasteiger partial charge in [0.05, 0.1) is 5.02 Å². The molecule has 100 valence electrons. The maximum absolute atomic E-state index is 12.1. The summed E-state index contributed by atoms with van der Waals surface area (Å²) in [5, 5.41) is 5.19. The number of halogens is 1. The van der Waals surface area contributed by atoms with Gasteiger partial charge in [0.2, 0.25) is 0 Å². The number of carbonyl (C=O) groups excluding carboxylic acids is 1. The highest BCUT2D eigenvalue weighted by atomic mass is 35.5. The molecule has 1 aromatic carbocycles. The van der Waals surface area contributed by atoms with Gasteiger partial charge in [-0.1, -0.05) is 24.6 Å². The van der Waals surface area contributed by atoms with Crippen molar-refractivity contribution < 1.29 is 4.79 Å². The molecule has 1 amide bonds. The Labute approximate surface area is 121 Å². The fourth-order valence-corrected chi connectivity index (χ4v) is 2.94. The molecular weight excluding hydrogens is 280 g/mol. The molecule has 0 aliphatic heterocycles. The van der Waals surface area contributed by atoms with Gasteiger partial charge in [-0.2, -0.15) is 0 Å². The maximum Gasteiger partial charge on any atom is 0.267 e. The maximum atomic E-state index is 12.1. The SMILES string of the molecule is CCc1ccc(NC(=O)c2scc(C)c2Cl)cc1N. The minimum atomic E-state index is -0.202. The van der Waals surface area contributed by atoms with E-state index in [2.05, 4.69) is 5.32 Å². The molecule has 0 unspecified atom stereocenters. The smallest absolute Gasteiger partial charge is 0.267 e. The van der Waals surface area contributed by atoms with Crippen LogP contribution < -0.4 is 11.1 Å². The molecule has 0 aliphatic carbocycles. The first kappa shape index (κ1) is 13.9. The Morgan fingerprint density at radius 3 is 2.74 bits per heavy atom.